The number of nitro groups is 1. The molecule has 1 unspecified atom stereocenters. The summed E-state index contributed by atoms with van der Waals surface area (Å²) in [5.41, 5.74) is 8.78. The first-order chi connectivity index (χ1) is 9.85. The molecule has 1 aliphatic heterocycles. The van der Waals surface area contributed by atoms with Gasteiger partial charge in [-0.2, -0.15) is 0 Å². The molecule has 0 spiro atoms. The number of non-ortho nitro benzene ring substituents is 1. The second-order valence-electron chi connectivity index (χ2n) is 5.63. The van der Waals surface area contributed by atoms with Crippen LogP contribution in [0.2, 0.25) is 0 Å². The Labute approximate surface area is 122 Å². The number of benzene rings is 1. The van der Waals surface area contributed by atoms with Gasteiger partial charge in [0.2, 0.25) is 5.91 Å². The summed E-state index contributed by atoms with van der Waals surface area (Å²) in [6.07, 6.45) is 0.683. The van der Waals surface area contributed by atoms with Gasteiger partial charge in [0.1, 0.15) is 0 Å². The molecule has 0 aliphatic carbocycles. The van der Waals surface area contributed by atoms with Crippen molar-refractivity contribution in [1.29, 1.82) is 0 Å². The van der Waals surface area contributed by atoms with Crippen molar-refractivity contribution in [1.82, 2.24) is 4.90 Å². The van der Waals surface area contributed by atoms with Crippen LogP contribution in [-0.4, -0.2) is 28.8 Å². The molecule has 1 aromatic carbocycles. The van der Waals surface area contributed by atoms with E-state index in [9.17, 15) is 14.9 Å². The lowest BCUT2D eigenvalue weighted by Crippen LogP contribution is -2.37. The topological polar surface area (TPSA) is 128 Å². The standard InChI is InChI=1S/C13H19N5O3/c1-13(12(14)19)4-5-17(8-13)7-9-6-10(18(20)21)2-3-11(9)16-15/h2-3,6,16H,4-5,7-8,15H2,1H3,(H2,14,19). The molecule has 5 N–H and O–H groups in total. The number of carbonyl (C=O) groups is 1. The zero-order valence-electron chi connectivity index (χ0n) is 11.8. The molecule has 0 aromatic heterocycles. The molecule has 1 saturated heterocycles. The number of hydrazine groups is 1. The molecule has 1 aromatic rings. The highest BCUT2D eigenvalue weighted by Crippen LogP contribution is 2.32. The van der Waals surface area contributed by atoms with Gasteiger partial charge in [0.25, 0.3) is 5.69 Å². The smallest absolute Gasteiger partial charge is 0.269 e. The van der Waals surface area contributed by atoms with Crippen molar-refractivity contribution < 1.29 is 9.72 Å². The first-order valence-corrected chi connectivity index (χ1v) is 6.62. The summed E-state index contributed by atoms with van der Waals surface area (Å²) < 4.78 is 0. The van der Waals surface area contributed by atoms with Gasteiger partial charge in [0, 0.05) is 25.2 Å². The highest BCUT2D eigenvalue weighted by molar-refractivity contribution is 5.81. The molecular formula is C13H19N5O3. The Bertz CT molecular complexity index is 577. The van der Waals surface area contributed by atoms with Crippen molar-refractivity contribution in [3.05, 3.63) is 33.9 Å². The summed E-state index contributed by atoms with van der Waals surface area (Å²) in [7, 11) is 0. The molecule has 2 rings (SSSR count). The number of rotatable bonds is 5. The summed E-state index contributed by atoms with van der Waals surface area (Å²) in [5, 5.41) is 10.9. The maximum atomic E-state index is 11.5. The fourth-order valence-electron chi connectivity index (χ4n) is 2.60. The van der Waals surface area contributed by atoms with Crippen LogP contribution < -0.4 is 17.0 Å². The Morgan fingerprint density at radius 1 is 1.57 bits per heavy atom. The molecule has 8 nitrogen and oxygen atoms in total. The monoisotopic (exact) mass is 293 g/mol. The van der Waals surface area contributed by atoms with Crippen LogP contribution in [0.3, 0.4) is 0 Å². The van der Waals surface area contributed by atoms with Crippen LogP contribution >= 0.6 is 0 Å². The lowest BCUT2D eigenvalue weighted by Gasteiger charge is -2.21. The average molecular weight is 293 g/mol. The Morgan fingerprint density at radius 3 is 2.81 bits per heavy atom. The molecule has 0 bridgehead atoms. The fraction of sp³-hybridized carbons (Fsp3) is 0.462. The van der Waals surface area contributed by atoms with Gasteiger partial charge in [0.05, 0.1) is 16.0 Å². The van der Waals surface area contributed by atoms with Crippen LogP contribution in [0, 0.1) is 15.5 Å². The fourth-order valence-corrected chi connectivity index (χ4v) is 2.60. The zero-order chi connectivity index (χ0) is 15.6. The molecule has 0 saturated carbocycles. The van der Waals surface area contributed by atoms with E-state index in [4.69, 9.17) is 11.6 Å². The molecule has 1 amide bonds. The summed E-state index contributed by atoms with van der Waals surface area (Å²) in [6.45, 7) is 3.57. The number of hydrogen-bond acceptors (Lipinski definition) is 6. The largest absolute Gasteiger partial charge is 0.369 e. The van der Waals surface area contributed by atoms with Crippen LogP contribution in [0.15, 0.2) is 18.2 Å². The van der Waals surface area contributed by atoms with Gasteiger partial charge < -0.3 is 11.2 Å². The predicted octanol–water partition coefficient (Wildman–Crippen LogP) is 0.578. The van der Waals surface area contributed by atoms with Gasteiger partial charge in [-0.1, -0.05) is 0 Å². The van der Waals surface area contributed by atoms with E-state index in [-0.39, 0.29) is 11.6 Å². The van der Waals surface area contributed by atoms with Gasteiger partial charge in [0.15, 0.2) is 0 Å². The van der Waals surface area contributed by atoms with E-state index in [1.165, 1.54) is 12.1 Å². The number of likely N-dealkylation sites (tertiary alicyclic amines) is 1. The minimum Gasteiger partial charge on any atom is -0.369 e. The van der Waals surface area contributed by atoms with E-state index in [1.54, 1.807) is 6.07 Å². The number of hydrogen-bond donors (Lipinski definition) is 3. The Balaban J connectivity index is 2.18. The summed E-state index contributed by atoms with van der Waals surface area (Å²) >= 11 is 0. The van der Waals surface area contributed by atoms with Gasteiger partial charge >= 0.3 is 0 Å². The number of anilines is 1. The van der Waals surface area contributed by atoms with E-state index in [0.717, 1.165) is 5.56 Å². The molecule has 1 atom stereocenters. The van der Waals surface area contributed by atoms with Crippen LogP contribution in [0.4, 0.5) is 11.4 Å². The molecule has 0 radical (unpaired) electrons. The molecule has 21 heavy (non-hydrogen) atoms. The Hall–Kier alpha value is -2.19. The van der Waals surface area contributed by atoms with Gasteiger partial charge in [-0.3, -0.25) is 25.7 Å². The lowest BCUT2D eigenvalue weighted by molar-refractivity contribution is -0.384. The third-order valence-corrected chi connectivity index (χ3v) is 4.00. The summed E-state index contributed by atoms with van der Waals surface area (Å²) in [4.78, 5) is 23.9. The Kier molecular flexibility index (Phi) is 4.10. The summed E-state index contributed by atoms with van der Waals surface area (Å²) in [6, 6.07) is 4.47. The van der Waals surface area contributed by atoms with Crippen LogP contribution in [0.25, 0.3) is 0 Å². The minimum atomic E-state index is -0.545. The van der Waals surface area contributed by atoms with Gasteiger partial charge in [-0.15, -0.1) is 0 Å². The zero-order valence-corrected chi connectivity index (χ0v) is 11.8. The second-order valence-corrected chi connectivity index (χ2v) is 5.63. The van der Waals surface area contributed by atoms with Crippen molar-refractivity contribution in [2.24, 2.45) is 17.0 Å². The first-order valence-electron chi connectivity index (χ1n) is 6.62. The van der Waals surface area contributed by atoms with Crippen molar-refractivity contribution in [3.8, 4) is 0 Å². The highest BCUT2D eigenvalue weighted by Gasteiger charge is 2.38. The normalized spacial score (nSPS) is 22.2. The number of primary amides is 1. The van der Waals surface area contributed by atoms with E-state index in [2.05, 4.69) is 5.43 Å². The highest BCUT2D eigenvalue weighted by atomic mass is 16.6. The number of nitrogen functional groups attached to an aromatic ring is 1. The molecule has 8 heteroatoms. The van der Waals surface area contributed by atoms with Gasteiger partial charge in [-0.05, 0) is 31.5 Å². The SMILES string of the molecule is CC1(C(N)=O)CCN(Cc2cc([N+](=O)[O-])ccc2NN)C1. The lowest BCUT2D eigenvalue weighted by atomic mass is 9.89. The third-order valence-electron chi connectivity index (χ3n) is 4.00. The van der Waals surface area contributed by atoms with Crippen molar-refractivity contribution in [2.75, 3.05) is 18.5 Å². The quantitative estimate of drug-likeness (QED) is 0.414. The van der Waals surface area contributed by atoms with Crippen LogP contribution in [0.1, 0.15) is 18.9 Å². The number of carbonyl (C=O) groups excluding carboxylic acids is 1. The van der Waals surface area contributed by atoms with Crippen molar-refractivity contribution in [3.63, 3.8) is 0 Å². The maximum absolute atomic E-state index is 11.5. The number of nitrogens with two attached hydrogens (primary N) is 2. The average Bonchev–Trinajstić information content (AvgIpc) is 2.81. The van der Waals surface area contributed by atoms with E-state index in [0.29, 0.717) is 31.7 Å². The number of nitro benzene ring substituents is 1. The van der Waals surface area contributed by atoms with Crippen molar-refractivity contribution in [2.45, 2.75) is 19.9 Å². The predicted molar refractivity (Wildman–Crippen MR) is 78.1 cm³/mol. The number of nitrogens with one attached hydrogen (secondary N) is 1. The maximum Gasteiger partial charge on any atom is 0.269 e. The summed E-state index contributed by atoms with van der Waals surface area (Å²) in [5.74, 6) is 5.12. The minimum absolute atomic E-state index is 0.0147. The number of nitrogens with zero attached hydrogens (tertiary/aromatic N) is 2. The second kappa shape index (κ2) is 5.66. The van der Waals surface area contributed by atoms with Crippen LogP contribution in [0.5, 0.6) is 0 Å². The van der Waals surface area contributed by atoms with E-state index in [1.807, 2.05) is 11.8 Å². The Morgan fingerprint density at radius 2 is 2.29 bits per heavy atom. The van der Waals surface area contributed by atoms with E-state index >= 15 is 0 Å². The molecular weight excluding hydrogens is 274 g/mol. The molecule has 1 aliphatic rings. The van der Waals surface area contributed by atoms with Gasteiger partial charge in [-0.25, -0.2) is 0 Å². The third kappa shape index (κ3) is 3.11. The molecule has 1 heterocycles. The molecule has 1 fully saturated rings. The van der Waals surface area contributed by atoms with Crippen LogP contribution in [-0.2, 0) is 11.3 Å². The number of amides is 1. The van der Waals surface area contributed by atoms with Crippen molar-refractivity contribution >= 4 is 17.3 Å². The van der Waals surface area contributed by atoms with E-state index < -0.39 is 10.3 Å². The first kappa shape index (κ1) is 15.2. The molecule has 114 valence electrons.